The van der Waals surface area contributed by atoms with Gasteiger partial charge in [0.25, 0.3) is 0 Å². The Hall–Kier alpha value is -2.06. The molecule has 3 saturated heterocycles. The Kier molecular flexibility index (Phi) is 6.05. The summed E-state index contributed by atoms with van der Waals surface area (Å²) in [7, 11) is 1.61. The Morgan fingerprint density at radius 1 is 1.19 bits per heavy atom. The second-order valence-electron chi connectivity index (χ2n) is 9.56. The number of fused-ring (bicyclic) bond motifs is 1. The molecule has 1 aromatic rings. The van der Waals surface area contributed by atoms with Crippen molar-refractivity contribution in [3.63, 3.8) is 0 Å². The Labute approximate surface area is 193 Å². The Morgan fingerprint density at radius 3 is 2.50 bits per heavy atom. The van der Waals surface area contributed by atoms with Crippen LogP contribution >= 0.6 is 11.8 Å². The number of benzene rings is 1. The molecule has 0 aliphatic carbocycles. The first-order chi connectivity index (χ1) is 15.2. The number of nitrogens with one attached hydrogen (secondary N) is 2. The monoisotopic (exact) mass is 459 g/mol. The number of thioether (sulfide) groups is 1. The third-order valence-corrected chi connectivity index (χ3v) is 9.58. The Balaban J connectivity index is 1.73. The molecule has 2 bridgehead atoms. The predicted octanol–water partition coefficient (Wildman–Crippen LogP) is 2.24. The lowest BCUT2D eigenvalue weighted by Gasteiger charge is -2.34. The molecule has 0 aromatic heterocycles. The molecule has 3 heterocycles. The van der Waals surface area contributed by atoms with Crippen LogP contribution in [0.3, 0.4) is 0 Å². The van der Waals surface area contributed by atoms with E-state index in [0.29, 0.717) is 19.4 Å². The SMILES string of the molecule is CNC(=O)[C@@H]1[C@H]2C(=O)N(CCCCO)C(C(=O)Nc3c(C)cccc3C)C23CC[C@@]1(C)S3. The molecule has 3 fully saturated rings. The number of amides is 3. The van der Waals surface area contributed by atoms with Crippen LogP contribution in [0.5, 0.6) is 0 Å². The number of carbonyl (C=O) groups excluding carboxylic acids is 3. The number of aryl methyl sites for hydroxylation is 2. The van der Waals surface area contributed by atoms with Crippen molar-refractivity contribution in [1.29, 1.82) is 0 Å². The number of unbranched alkanes of at least 4 members (excludes halogenated alkanes) is 1. The molecule has 4 rings (SSSR count). The van der Waals surface area contributed by atoms with Crippen LogP contribution in [0.2, 0.25) is 0 Å². The van der Waals surface area contributed by atoms with Gasteiger partial charge in [0.05, 0.1) is 16.6 Å². The molecule has 174 valence electrons. The van der Waals surface area contributed by atoms with Gasteiger partial charge in [-0.3, -0.25) is 14.4 Å². The summed E-state index contributed by atoms with van der Waals surface area (Å²) in [6.07, 6.45) is 2.72. The number of aliphatic hydroxyl groups is 1. The summed E-state index contributed by atoms with van der Waals surface area (Å²) in [5.74, 6) is -1.36. The fraction of sp³-hybridized carbons (Fsp3) is 0.625. The van der Waals surface area contributed by atoms with Gasteiger partial charge in [-0.15, -0.1) is 11.8 Å². The number of aliphatic hydroxyl groups excluding tert-OH is 1. The van der Waals surface area contributed by atoms with E-state index in [1.54, 1.807) is 23.7 Å². The minimum Gasteiger partial charge on any atom is -0.396 e. The van der Waals surface area contributed by atoms with Crippen LogP contribution < -0.4 is 10.6 Å². The van der Waals surface area contributed by atoms with E-state index in [1.807, 2.05) is 32.0 Å². The maximum Gasteiger partial charge on any atom is 0.248 e. The van der Waals surface area contributed by atoms with E-state index in [2.05, 4.69) is 17.6 Å². The minimum atomic E-state index is -0.640. The number of rotatable bonds is 7. The highest BCUT2D eigenvalue weighted by molar-refractivity contribution is 8.02. The Morgan fingerprint density at radius 2 is 1.88 bits per heavy atom. The average molecular weight is 460 g/mol. The summed E-state index contributed by atoms with van der Waals surface area (Å²) in [6, 6.07) is 5.24. The number of nitrogens with zero attached hydrogens (tertiary/aromatic N) is 1. The van der Waals surface area contributed by atoms with Crippen molar-refractivity contribution in [1.82, 2.24) is 10.2 Å². The van der Waals surface area contributed by atoms with Crippen molar-refractivity contribution in [2.75, 3.05) is 25.5 Å². The van der Waals surface area contributed by atoms with Crippen molar-refractivity contribution >= 4 is 35.2 Å². The van der Waals surface area contributed by atoms with E-state index >= 15 is 0 Å². The van der Waals surface area contributed by atoms with Crippen molar-refractivity contribution in [2.45, 2.75) is 62.0 Å². The zero-order valence-corrected chi connectivity index (χ0v) is 20.1. The quantitative estimate of drug-likeness (QED) is 0.543. The standard InChI is InChI=1S/C24H33N3O4S/c1-14-8-7-9-15(2)18(14)26-21(30)19-24-11-10-23(3,32-24)16(20(29)25-4)17(24)22(31)27(19)12-5-6-13-28/h7-9,16-17,19,28H,5-6,10-13H2,1-4H3,(H,25,29)(H,26,30)/t16-,17-,19?,23+,24?/m0/s1. The van der Waals surface area contributed by atoms with Gasteiger partial charge < -0.3 is 20.6 Å². The number of carbonyl (C=O) groups is 3. The van der Waals surface area contributed by atoms with Crippen LogP contribution in [-0.4, -0.2) is 63.5 Å². The van der Waals surface area contributed by atoms with E-state index < -0.39 is 22.6 Å². The summed E-state index contributed by atoms with van der Waals surface area (Å²) in [4.78, 5) is 42.1. The third kappa shape index (κ3) is 3.34. The molecule has 7 nitrogen and oxygen atoms in total. The lowest BCUT2D eigenvalue weighted by molar-refractivity contribution is -0.140. The molecule has 0 saturated carbocycles. The normalized spacial score (nSPS) is 32.8. The second-order valence-corrected chi connectivity index (χ2v) is 11.5. The fourth-order valence-corrected chi connectivity index (χ4v) is 8.48. The summed E-state index contributed by atoms with van der Waals surface area (Å²) in [5.41, 5.74) is 2.73. The third-order valence-electron chi connectivity index (χ3n) is 7.59. The van der Waals surface area contributed by atoms with E-state index in [0.717, 1.165) is 29.7 Å². The van der Waals surface area contributed by atoms with Gasteiger partial charge in [-0.25, -0.2) is 0 Å². The topological polar surface area (TPSA) is 98.7 Å². The fourth-order valence-electron chi connectivity index (χ4n) is 6.12. The van der Waals surface area contributed by atoms with Gasteiger partial charge in [-0.1, -0.05) is 18.2 Å². The minimum absolute atomic E-state index is 0.0452. The van der Waals surface area contributed by atoms with Crippen LogP contribution in [0.15, 0.2) is 18.2 Å². The van der Waals surface area contributed by atoms with Gasteiger partial charge in [0.15, 0.2) is 0 Å². The van der Waals surface area contributed by atoms with Crippen LogP contribution in [0.1, 0.15) is 43.7 Å². The van der Waals surface area contributed by atoms with E-state index in [1.165, 1.54) is 0 Å². The summed E-state index contributed by atoms with van der Waals surface area (Å²) >= 11 is 1.67. The lowest BCUT2D eigenvalue weighted by atomic mass is 9.66. The van der Waals surface area contributed by atoms with Gasteiger partial charge in [-0.2, -0.15) is 0 Å². The van der Waals surface area contributed by atoms with E-state index in [4.69, 9.17) is 0 Å². The highest BCUT2D eigenvalue weighted by atomic mass is 32.2. The molecule has 3 amide bonds. The molecule has 0 radical (unpaired) electrons. The molecule has 1 aromatic carbocycles. The number of hydrogen-bond donors (Lipinski definition) is 3. The number of likely N-dealkylation sites (tertiary alicyclic amines) is 1. The Bertz CT molecular complexity index is 933. The van der Waals surface area contributed by atoms with Gasteiger partial charge in [-0.05, 0) is 57.6 Å². The first kappa shape index (κ1) is 23.1. The summed E-state index contributed by atoms with van der Waals surface area (Å²) < 4.78 is -0.961. The van der Waals surface area contributed by atoms with Crippen molar-refractivity contribution in [3.8, 4) is 0 Å². The van der Waals surface area contributed by atoms with Crippen molar-refractivity contribution in [3.05, 3.63) is 29.3 Å². The zero-order valence-electron chi connectivity index (χ0n) is 19.2. The first-order valence-corrected chi connectivity index (χ1v) is 12.2. The molecule has 2 unspecified atom stereocenters. The van der Waals surface area contributed by atoms with Gasteiger partial charge in [0.2, 0.25) is 17.7 Å². The molecule has 8 heteroatoms. The zero-order chi connectivity index (χ0) is 23.3. The van der Waals surface area contributed by atoms with Crippen LogP contribution in [0, 0.1) is 25.7 Å². The predicted molar refractivity (Wildman–Crippen MR) is 125 cm³/mol. The molecule has 32 heavy (non-hydrogen) atoms. The first-order valence-electron chi connectivity index (χ1n) is 11.4. The molecular weight excluding hydrogens is 426 g/mol. The molecular formula is C24H33N3O4S. The maximum absolute atomic E-state index is 13.8. The molecule has 3 aliphatic heterocycles. The van der Waals surface area contributed by atoms with Crippen LogP contribution in [-0.2, 0) is 14.4 Å². The molecule has 3 N–H and O–H groups in total. The smallest absolute Gasteiger partial charge is 0.248 e. The van der Waals surface area contributed by atoms with Crippen LogP contribution in [0.25, 0.3) is 0 Å². The van der Waals surface area contributed by atoms with Crippen molar-refractivity contribution in [2.24, 2.45) is 11.8 Å². The number of anilines is 1. The summed E-state index contributed by atoms with van der Waals surface area (Å²) in [5, 5.41) is 15.1. The van der Waals surface area contributed by atoms with E-state index in [9.17, 15) is 19.5 Å². The largest absolute Gasteiger partial charge is 0.396 e. The van der Waals surface area contributed by atoms with Gasteiger partial charge >= 0.3 is 0 Å². The second kappa shape index (κ2) is 8.37. The number of hydrogen-bond acceptors (Lipinski definition) is 5. The molecule has 3 aliphatic rings. The maximum atomic E-state index is 13.8. The van der Waals surface area contributed by atoms with Crippen LogP contribution in [0.4, 0.5) is 5.69 Å². The van der Waals surface area contributed by atoms with E-state index in [-0.39, 0.29) is 29.1 Å². The summed E-state index contributed by atoms with van der Waals surface area (Å²) in [6.45, 7) is 6.43. The lowest BCUT2D eigenvalue weighted by Crippen LogP contribution is -2.52. The highest BCUT2D eigenvalue weighted by Gasteiger charge is 2.76. The number of para-hydroxylation sites is 1. The highest BCUT2D eigenvalue weighted by Crippen LogP contribution is 2.71. The average Bonchev–Trinajstić information content (AvgIpc) is 3.31. The molecule has 5 atom stereocenters. The molecule has 1 spiro atoms. The van der Waals surface area contributed by atoms with Gasteiger partial charge in [0, 0.05) is 30.6 Å². The van der Waals surface area contributed by atoms with Gasteiger partial charge in [0.1, 0.15) is 6.04 Å². The van der Waals surface area contributed by atoms with Crippen molar-refractivity contribution < 1.29 is 19.5 Å².